The third-order valence-electron chi connectivity index (χ3n) is 2.29. The second-order valence-electron chi connectivity index (χ2n) is 3.23. The minimum atomic E-state index is -0.897. The molecule has 0 aliphatic rings. The summed E-state index contributed by atoms with van der Waals surface area (Å²) in [7, 11) is -0.573. The van der Waals surface area contributed by atoms with Crippen LogP contribution in [-0.4, -0.2) is 14.2 Å². The molecule has 2 aromatic rings. The van der Waals surface area contributed by atoms with Crippen LogP contribution < -0.4 is 10.6 Å². The number of benzene rings is 2. The third-order valence-corrected chi connectivity index (χ3v) is 4.43. The molecule has 2 heteroatoms. The zero-order valence-corrected chi connectivity index (χ0v) is 9.12. The molecule has 0 amide bonds. The van der Waals surface area contributed by atoms with Crippen LogP contribution in [0.5, 0.6) is 0 Å². The number of hydrogen-bond donors (Lipinski definition) is 0. The van der Waals surface area contributed by atoms with Crippen LogP contribution in [0.15, 0.2) is 60.7 Å². The van der Waals surface area contributed by atoms with E-state index in [2.05, 4.69) is 67.3 Å². The minimum Gasteiger partial charge on any atom is -0.0958 e. The summed E-state index contributed by atoms with van der Waals surface area (Å²) in [4.78, 5) is 0. The van der Waals surface area contributed by atoms with Crippen molar-refractivity contribution in [2.75, 3.05) is 6.66 Å². The van der Waals surface area contributed by atoms with Gasteiger partial charge in [0, 0.05) is 6.66 Å². The van der Waals surface area contributed by atoms with Crippen LogP contribution >= 0.6 is 7.14 Å². The zero-order chi connectivity index (χ0) is 10.7. The number of hydrogen-bond acceptors (Lipinski definition) is 0. The summed E-state index contributed by atoms with van der Waals surface area (Å²) in [6.45, 7) is 2.48. The van der Waals surface area contributed by atoms with Gasteiger partial charge in [-0.1, -0.05) is 43.5 Å². The Hall–Kier alpha value is -1.07. The van der Waals surface area contributed by atoms with E-state index in [0.29, 0.717) is 7.57 Å². The lowest BCUT2D eigenvalue weighted by Crippen LogP contribution is -2.20. The lowest BCUT2D eigenvalue weighted by atomic mass is 10.4. The first-order valence-corrected chi connectivity index (χ1v) is 6.50. The maximum absolute atomic E-state index is 2.48. The van der Waals surface area contributed by atoms with Gasteiger partial charge in [-0.3, -0.25) is 0 Å². The molecule has 0 unspecified atom stereocenters. The second-order valence-corrected chi connectivity index (χ2v) is 5.38. The molecule has 0 aliphatic carbocycles. The van der Waals surface area contributed by atoms with E-state index in [1.165, 1.54) is 0 Å². The van der Waals surface area contributed by atoms with Crippen molar-refractivity contribution in [2.24, 2.45) is 0 Å². The Balaban J connectivity index is 2.44. The molecule has 0 heterocycles. The summed E-state index contributed by atoms with van der Waals surface area (Å²) < 4.78 is 0. The SMILES string of the molecule is [BH3-][P+](C)(c1ccccc1)c1ccccc1. The predicted molar refractivity (Wildman–Crippen MR) is 74.9 cm³/mol. The zero-order valence-electron chi connectivity index (χ0n) is 8.22. The first-order chi connectivity index (χ1) is 7.21. The van der Waals surface area contributed by atoms with E-state index in [-0.39, 0.29) is 0 Å². The van der Waals surface area contributed by atoms with Crippen LogP contribution in [0.1, 0.15) is 0 Å². The predicted octanol–water partition coefficient (Wildman–Crippen LogP) is 1.57. The Bertz CT molecular complexity index is 381. The highest BCUT2D eigenvalue weighted by Gasteiger charge is 2.23. The topological polar surface area (TPSA) is 0 Å². The average Bonchev–Trinajstić information content (AvgIpc) is 2.31. The molecule has 0 aliphatic heterocycles. The molecular weight excluding hydrogens is 198 g/mol. The molecule has 0 spiro atoms. The monoisotopic (exact) mass is 214 g/mol. The Morgan fingerprint density at radius 1 is 0.733 bits per heavy atom. The summed E-state index contributed by atoms with van der Waals surface area (Å²) in [5.74, 6) is 0. The van der Waals surface area contributed by atoms with Gasteiger partial charge in [-0.15, -0.1) is 0 Å². The normalized spacial score (nSPS) is 11.3. The highest BCUT2D eigenvalue weighted by atomic mass is 31.2. The highest BCUT2D eigenvalue weighted by molar-refractivity contribution is 8.08. The Morgan fingerprint density at radius 2 is 1.07 bits per heavy atom. The van der Waals surface area contributed by atoms with Gasteiger partial charge in [-0.05, 0) is 24.3 Å². The van der Waals surface area contributed by atoms with Gasteiger partial charge in [0.2, 0.25) is 0 Å². The summed E-state index contributed by atoms with van der Waals surface area (Å²) in [5.41, 5.74) is 0. The van der Waals surface area contributed by atoms with Gasteiger partial charge >= 0.3 is 0 Å². The lowest BCUT2D eigenvalue weighted by molar-refractivity contribution is 1.75. The molecule has 0 fully saturated rings. The van der Waals surface area contributed by atoms with Gasteiger partial charge in [0.15, 0.2) is 0 Å². The van der Waals surface area contributed by atoms with Gasteiger partial charge < -0.3 is 0 Å². The van der Waals surface area contributed by atoms with Crippen LogP contribution in [0.25, 0.3) is 0 Å². The van der Waals surface area contributed by atoms with Crippen molar-refractivity contribution in [1.29, 1.82) is 0 Å². The van der Waals surface area contributed by atoms with Crippen LogP contribution in [0, 0.1) is 0 Å². The summed E-state index contributed by atoms with van der Waals surface area (Å²) in [5, 5.41) is 3.16. The largest absolute Gasteiger partial charge is 0.137 e. The van der Waals surface area contributed by atoms with E-state index in [4.69, 9.17) is 0 Å². The van der Waals surface area contributed by atoms with E-state index >= 15 is 0 Å². The van der Waals surface area contributed by atoms with Crippen LogP contribution in [0.4, 0.5) is 0 Å². The fourth-order valence-corrected chi connectivity index (χ4v) is 2.99. The smallest absolute Gasteiger partial charge is 0.0958 e. The van der Waals surface area contributed by atoms with Crippen LogP contribution in [0.3, 0.4) is 0 Å². The Labute approximate surface area is 93.0 Å². The van der Waals surface area contributed by atoms with E-state index in [9.17, 15) is 0 Å². The van der Waals surface area contributed by atoms with E-state index < -0.39 is 7.14 Å². The molecule has 2 rings (SSSR count). The van der Waals surface area contributed by atoms with E-state index in [1.54, 1.807) is 10.6 Å². The summed E-state index contributed by atoms with van der Waals surface area (Å²) in [6.07, 6.45) is 0. The van der Waals surface area contributed by atoms with Crippen molar-refractivity contribution >= 4 is 25.3 Å². The van der Waals surface area contributed by atoms with Crippen molar-refractivity contribution in [3.63, 3.8) is 0 Å². The van der Waals surface area contributed by atoms with Crippen LogP contribution in [-0.2, 0) is 0 Å². The van der Waals surface area contributed by atoms with E-state index in [1.807, 2.05) is 0 Å². The van der Waals surface area contributed by atoms with Gasteiger partial charge in [0.1, 0.15) is 7.57 Å². The van der Waals surface area contributed by atoms with Crippen molar-refractivity contribution in [2.45, 2.75) is 0 Å². The lowest BCUT2D eigenvalue weighted by Gasteiger charge is -2.24. The molecule has 0 aromatic heterocycles. The first kappa shape index (κ1) is 10.5. The van der Waals surface area contributed by atoms with E-state index in [0.717, 1.165) is 0 Å². The molecule has 0 atom stereocenters. The fourth-order valence-electron chi connectivity index (χ4n) is 1.45. The van der Waals surface area contributed by atoms with Gasteiger partial charge in [0.25, 0.3) is 0 Å². The van der Waals surface area contributed by atoms with Gasteiger partial charge in [0.05, 0.1) is 10.6 Å². The average molecular weight is 214 g/mol. The molecular formula is C13H16BP. The minimum absolute atomic E-state index is 0.324. The molecule has 2 aromatic carbocycles. The summed E-state index contributed by atoms with van der Waals surface area (Å²) >= 11 is 0. The molecule has 0 saturated heterocycles. The van der Waals surface area contributed by atoms with Crippen LogP contribution in [0.2, 0.25) is 0 Å². The molecule has 15 heavy (non-hydrogen) atoms. The van der Waals surface area contributed by atoms with Crippen molar-refractivity contribution in [3.05, 3.63) is 60.7 Å². The Morgan fingerprint density at radius 3 is 1.40 bits per heavy atom. The molecule has 0 radical (unpaired) electrons. The van der Waals surface area contributed by atoms with Crippen molar-refractivity contribution in [1.82, 2.24) is 0 Å². The highest BCUT2D eigenvalue weighted by Crippen LogP contribution is 2.46. The standard InChI is InChI=1S/C13H16BP/c1-15(14,12-8-4-2-5-9-12)13-10-6-3-7-11-13/h2-11H,1,14H3. The molecule has 0 saturated carbocycles. The van der Waals surface area contributed by atoms with Gasteiger partial charge in [-0.25, -0.2) is 0 Å². The van der Waals surface area contributed by atoms with Crippen molar-refractivity contribution in [3.8, 4) is 0 Å². The third kappa shape index (κ3) is 2.13. The Kier molecular flexibility index (Phi) is 2.93. The molecule has 0 bridgehead atoms. The molecule has 0 nitrogen and oxygen atoms in total. The van der Waals surface area contributed by atoms with Crippen molar-refractivity contribution < 1.29 is 0 Å². The molecule has 76 valence electrons. The quantitative estimate of drug-likeness (QED) is 0.525. The number of rotatable bonds is 2. The maximum atomic E-state index is 2.48. The fraction of sp³-hybridized carbons (Fsp3) is 0.0769. The summed E-state index contributed by atoms with van der Waals surface area (Å²) in [6, 6.07) is 22.1. The first-order valence-electron chi connectivity index (χ1n) is 4.72. The maximum Gasteiger partial charge on any atom is 0.137 e. The van der Waals surface area contributed by atoms with Gasteiger partial charge in [-0.2, -0.15) is 0 Å². The molecule has 0 N–H and O–H groups in total. The second kappa shape index (κ2) is 4.20.